The first-order valence-electron chi connectivity index (χ1n) is 5.00. The topological polar surface area (TPSA) is 52.3 Å². The Balaban J connectivity index is 2.52. The SMILES string of the molecule is CC(C)(C)OC(=O)CC(N)c1ccc(Cl)s1. The first-order chi connectivity index (χ1) is 7.28. The van der Waals surface area contributed by atoms with Crippen LogP contribution in [-0.4, -0.2) is 11.6 Å². The largest absolute Gasteiger partial charge is 0.460 e. The van der Waals surface area contributed by atoms with Crippen molar-refractivity contribution >= 4 is 28.9 Å². The van der Waals surface area contributed by atoms with E-state index >= 15 is 0 Å². The van der Waals surface area contributed by atoms with Gasteiger partial charge in [0.2, 0.25) is 0 Å². The summed E-state index contributed by atoms with van der Waals surface area (Å²) in [7, 11) is 0. The molecule has 0 aliphatic carbocycles. The Bertz CT molecular complexity index is 370. The third-order valence-corrected chi connectivity index (χ3v) is 3.13. The lowest BCUT2D eigenvalue weighted by molar-refractivity contribution is -0.155. The van der Waals surface area contributed by atoms with Gasteiger partial charge in [-0.15, -0.1) is 11.3 Å². The lowest BCUT2D eigenvalue weighted by Crippen LogP contribution is -2.26. The molecule has 1 aromatic rings. The Hall–Kier alpha value is -0.580. The summed E-state index contributed by atoms with van der Waals surface area (Å²) >= 11 is 7.18. The number of thiophene rings is 1. The van der Waals surface area contributed by atoms with E-state index in [-0.39, 0.29) is 18.4 Å². The highest BCUT2D eigenvalue weighted by Gasteiger charge is 2.20. The van der Waals surface area contributed by atoms with Gasteiger partial charge in [-0.25, -0.2) is 0 Å². The average molecular weight is 262 g/mol. The second kappa shape index (κ2) is 5.17. The molecule has 0 saturated carbocycles. The fraction of sp³-hybridized carbons (Fsp3) is 0.545. The molecule has 0 bridgehead atoms. The summed E-state index contributed by atoms with van der Waals surface area (Å²) in [6, 6.07) is 3.27. The van der Waals surface area contributed by atoms with E-state index in [1.807, 2.05) is 26.8 Å². The predicted molar refractivity (Wildman–Crippen MR) is 66.7 cm³/mol. The summed E-state index contributed by atoms with van der Waals surface area (Å²) < 4.78 is 5.86. The molecule has 0 aromatic carbocycles. The molecule has 5 heteroatoms. The van der Waals surface area contributed by atoms with E-state index < -0.39 is 5.60 Å². The molecule has 16 heavy (non-hydrogen) atoms. The molecule has 0 saturated heterocycles. The van der Waals surface area contributed by atoms with Crippen molar-refractivity contribution in [2.24, 2.45) is 5.73 Å². The zero-order valence-electron chi connectivity index (χ0n) is 9.62. The van der Waals surface area contributed by atoms with E-state index in [2.05, 4.69) is 0 Å². The van der Waals surface area contributed by atoms with Crippen LogP contribution in [0.1, 0.15) is 38.1 Å². The number of nitrogens with two attached hydrogens (primary N) is 1. The molecule has 1 rings (SSSR count). The van der Waals surface area contributed by atoms with E-state index in [1.165, 1.54) is 11.3 Å². The molecule has 1 heterocycles. The molecule has 1 aromatic heterocycles. The van der Waals surface area contributed by atoms with E-state index in [4.69, 9.17) is 22.1 Å². The Morgan fingerprint density at radius 2 is 2.19 bits per heavy atom. The van der Waals surface area contributed by atoms with Crippen LogP contribution in [0.15, 0.2) is 12.1 Å². The van der Waals surface area contributed by atoms with E-state index in [9.17, 15) is 4.79 Å². The maximum absolute atomic E-state index is 11.5. The van der Waals surface area contributed by atoms with Gasteiger partial charge in [0.25, 0.3) is 0 Å². The number of halogens is 1. The van der Waals surface area contributed by atoms with Gasteiger partial charge in [0.15, 0.2) is 0 Å². The zero-order chi connectivity index (χ0) is 12.3. The van der Waals surface area contributed by atoms with Crippen LogP contribution in [0.4, 0.5) is 0 Å². The van der Waals surface area contributed by atoms with Gasteiger partial charge in [-0.2, -0.15) is 0 Å². The number of esters is 1. The third kappa shape index (κ3) is 4.51. The fourth-order valence-corrected chi connectivity index (χ4v) is 2.25. The number of hydrogen-bond acceptors (Lipinski definition) is 4. The number of hydrogen-bond donors (Lipinski definition) is 1. The summed E-state index contributed by atoms with van der Waals surface area (Å²) in [5, 5.41) is 0. The molecule has 0 spiro atoms. The summed E-state index contributed by atoms with van der Waals surface area (Å²) in [5.41, 5.74) is 5.41. The monoisotopic (exact) mass is 261 g/mol. The zero-order valence-corrected chi connectivity index (χ0v) is 11.2. The first-order valence-corrected chi connectivity index (χ1v) is 6.20. The Morgan fingerprint density at radius 1 is 1.56 bits per heavy atom. The number of carbonyl (C=O) groups excluding carboxylic acids is 1. The van der Waals surface area contributed by atoms with E-state index in [0.29, 0.717) is 4.34 Å². The highest BCUT2D eigenvalue weighted by molar-refractivity contribution is 7.16. The summed E-state index contributed by atoms with van der Waals surface area (Å²) in [6.07, 6.45) is 0.175. The average Bonchev–Trinajstić information content (AvgIpc) is 2.47. The lowest BCUT2D eigenvalue weighted by atomic mass is 10.1. The van der Waals surface area contributed by atoms with Gasteiger partial charge in [-0.05, 0) is 32.9 Å². The molecule has 0 radical (unpaired) electrons. The Morgan fingerprint density at radius 3 is 2.62 bits per heavy atom. The van der Waals surface area contributed by atoms with Crippen molar-refractivity contribution in [1.82, 2.24) is 0 Å². The highest BCUT2D eigenvalue weighted by atomic mass is 35.5. The van der Waals surface area contributed by atoms with Crippen LogP contribution < -0.4 is 5.73 Å². The van der Waals surface area contributed by atoms with Gasteiger partial charge < -0.3 is 10.5 Å². The number of carbonyl (C=O) groups is 1. The molecular weight excluding hydrogens is 246 g/mol. The first kappa shape index (κ1) is 13.5. The van der Waals surface area contributed by atoms with Gasteiger partial charge in [-0.3, -0.25) is 4.79 Å². The molecule has 3 nitrogen and oxygen atoms in total. The summed E-state index contributed by atoms with van der Waals surface area (Å²) in [6.45, 7) is 5.50. The molecule has 2 N–H and O–H groups in total. The molecule has 1 atom stereocenters. The molecule has 0 aliphatic heterocycles. The van der Waals surface area contributed by atoms with Crippen molar-refractivity contribution in [1.29, 1.82) is 0 Å². The highest BCUT2D eigenvalue weighted by Crippen LogP contribution is 2.27. The van der Waals surface area contributed by atoms with E-state index in [0.717, 1.165) is 4.88 Å². The van der Waals surface area contributed by atoms with Crippen molar-refractivity contribution in [3.63, 3.8) is 0 Å². The molecule has 0 amide bonds. The van der Waals surface area contributed by atoms with Crippen molar-refractivity contribution < 1.29 is 9.53 Å². The Kier molecular flexibility index (Phi) is 4.35. The van der Waals surface area contributed by atoms with E-state index in [1.54, 1.807) is 6.07 Å². The number of ether oxygens (including phenoxy) is 1. The normalized spacial score (nSPS) is 13.6. The van der Waals surface area contributed by atoms with Gasteiger partial charge in [0.05, 0.1) is 10.8 Å². The predicted octanol–water partition coefficient (Wildman–Crippen LogP) is 3.13. The van der Waals surface area contributed by atoms with Crippen molar-refractivity contribution in [2.75, 3.05) is 0 Å². The smallest absolute Gasteiger partial charge is 0.308 e. The number of rotatable bonds is 3. The van der Waals surface area contributed by atoms with Crippen LogP contribution in [0.25, 0.3) is 0 Å². The maximum Gasteiger partial charge on any atom is 0.308 e. The van der Waals surface area contributed by atoms with Crippen LogP contribution in [0.3, 0.4) is 0 Å². The van der Waals surface area contributed by atoms with Gasteiger partial charge in [0.1, 0.15) is 5.60 Å². The minimum absolute atomic E-state index is 0.175. The van der Waals surface area contributed by atoms with Crippen LogP contribution >= 0.6 is 22.9 Å². The standard InChI is InChI=1S/C11H16ClNO2S/c1-11(2,3)15-10(14)6-7(13)8-4-5-9(12)16-8/h4-5,7H,6,13H2,1-3H3. The van der Waals surface area contributed by atoms with Crippen molar-refractivity contribution in [3.05, 3.63) is 21.3 Å². The Labute approximate surface area is 105 Å². The van der Waals surface area contributed by atoms with Crippen LogP contribution in [0, 0.1) is 0 Å². The van der Waals surface area contributed by atoms with Crippen molar-refractivity contribution in [3.8, 4) is 0 Å². The quantitative estimate of drug-likeness (QED) is 0.851. The summed E-state index contributed by atoms with van der Waals surface area (Å²) in [4.78, 5) is 12.4. The van der Waals surface area contributed by atoms with Crippen molar-refractivity contribution in [2.45, 2.75) is 38.8 Å². The third-order valence-electron chi connectivity index (χ3n) is 1.77. The second-order valence-electron chi connectivity index (χ2n) is 4.54. The molecule has 90 valence electrons. The van der Waals surface area contributed by atoms with Crippen LogP contribution in [0.5, 0.6) is 0 Å². The second-order valence-corrected chi connectivity index (χ2v) is 6.29. The van der Waals surface area contributed by atoms with Gasteiger partial charge in [-0.1, -0.05) is 11.6 Å². The minimum atomic E-state index is -0.468. The van der Waals surface area contributed by atoms with Gasteiger partial charge >= 0.3 is 5.97 Å². The lowest BCUT2D eigenvalue weighted by Gasteiger charge is -2.20. The minimum Gasteiger partial charge on any atom is -0.460 e. The molecule has 0 aliphatic rings. The summed E-state index contributed by atoms with van der Waals surface area (Å²) in [5.74, 6) is -0.287. The van der Waals surface area contributed by atoms with Crippen LogP contribution in [-0.2, 0) is 9.53 Å². The fourth-order valence-electron chi connectivity index (χ4n) is 1.19. The molecular formula is C11H16ClNO2S. The molecule has 0 fully saturated rings. The van der Waals surface area contributed by atoms with Gasteiger partial charge in [0, 0.05) is 10.9 Å². The van der Waals surface area contributed by atoms with Crippen LogP contribution in [0.2, 0.25) is 4.34 Å². The maximum atomic E-state index is 11.5. The molecule has 1 unspecified atom stereocenters.